The van der Waals surface area contributed by atoms with Crippen molar-refractivity contribution in [2.24, 2.45) is 5.41 Å². The Morgan fingerprint density at radius 2 is 1.08 bits per heavy atom. The number of phosphoric acid groups is 1. The van der Waals surface area contributed by atoms with Crippen LogP contribution in [0.3, 0.4) is 0 Å². The summed E-state index contributed by atoms with van der Waals surface area (Å²) in [4.78, 5) is 37.8. The molecule has 0 radical (unpaired) electrons. The number of aliphatic hydroxyl groups is 2. The van der Waals surface area contributed by atoms with E-state index in [4.69, 9.17) is 14.4 Å². The van der Waals surface area contributed by atoms with Crippen LogP contribution in [0.2, 0.25) is 0 Å². The Morgan fingerprint density at radius 3 is 1.53 bits per heavy atom. The molecule has 2 unspecified atom stereocenters. The van der Waals surface area contributed by atoms with E-state index in [1.165, 1.54) is 109 Å². The molecule has 2 N–H and O–H groups in total. The van der Waals surface area contributed by atoms with E-state index in [-0.39, 0.29) is 60.8 Å². The number of hydrogen-bond donors (Lipinski definition) is 2. The van der Waals surface area contributed by atoms with Crippen molar-refractivity contribution in [3.63, 3.8) is 0 Å². The summed E-state index contributed by atoms with van der Waals surface area (Å²) in [6, 6.07) is 0. The number of hydrogen-bond acceptors (Lipinski definition) is 9. The van der Waals surface area contributed by atoms with E-state index in [1.807, 2.05) is 0 Å². The number of esters is 1. The summed E-state index contributed by atoms with van der Waals surface area (Å²) in [5.74, 6) is -0.403. The molecule has 0 amide bonds. The van der Waals surface area contributed by atoms with E-state index in [1.54, 1.807) is 6.92 Å². The summed E-state index contributed by atoms with van der Waals surface area (Å²) in [5.41, 5.74) is -1.07. The first-order valence-corrected chi connectivity index (χ1v) is 22.7. The maximum Gasteiger partial charge on any atom is 1.00 e. The van der Waals surface area contributed by atoms with E-state index in [0.29, 0.717) is 6.42 Å². The van der Waals surface area contributed by atoms with Crippen molar-refractivity contribution in [2.75, 3.05) is 26.4 Å². The molecule has 0 spiro atoms. The summed E-state index contributed by atoms with van der Waals surface area (Å²) in [6.07, 6.45) is 34.9. The largest absolute Gasteiger partial charge is 1.00 e. The molecule has 0 saturated carbocycles. The Hall–Kier alpha value is -0.0900. The van der Waals surface area contributed by atoms with Crippen LogP contribution in [-0.4, -0.2) is 54.5 Å². The average Bonchev–Trinajstić information content (AvgIpc) is 3.12. The number of allylic oxidation sites excluding steroid dienone is 2. The fourth-order valence-electron chi connectivity index (χ4n) is 6.22. The van der Waals surface area contributed by atoms with Crippen LogP contribution in [0, 0.1) is 5.41 Å². The van der Waals surface area contributed by atoms with Crippen LogP contribution < -0.4 is 34.5 Å². The van der Waals surface area contributed by atoms with Gasteiger partial charge in [0.05, 0.1) is 26.4 Å². The molecule has 0 aliphatic carbocycles. The zero-order valence-electron chi connectivity index (χ0n) is 34.8. The second-order valence-electron chi connectivity index (χ2n) is 15.4. The third kappa shape index (κ3) is 38.6. The van der Waals surface area contributed by atoms with Gasteiger partial charge in [-0.15, -0.1) is 0 Å². The van der Waals surface area contributed by atoms with E-state index in [2.05, 4.69) is 30.5 Å². The van der Waals surface area contributed by atoms with Gasteiger partial charge in [0, 0.05) is 24.7 Å². The number of carbonyl (C=O) groups excluding carboxylic acids is 2. The maximum absolute atomic E-state index is 13.0. The molecule has 0 aromatic rings. The van der Waals surface area contributed by atoms with Crippen LogP contribution in [-0.2, 0) is 27.9 Å². The first-order valence-electron chi connectivity index (χ1n) is 21.3. The second kappa shape index (κ2) is 38.8. The Morgan fingerprint density at radius 1 is 0.660 bits per heavy atom. The number of aliphatic hydroxyl groups excluding tert-OH is 2. The van der Waals surface area contributed by atoms with Gasteiger partial charge in [-0.1, -0.05) is 161 Å². The zero-order chi connectivity index (χ0) is 38.6. The van der Waals surface area contributed by atoms with Gasteiger partial charge in [-0.3, -0.25) is 14.2 Å². The van der Waals surface area contributed by atoms with Crippen molar-refractivity contribution in [3.8, 4) is 0 Å². The van der Waals surface area contributed by atoms with Crippen molar-refractivity contribution in [1.29, 1.82) is 0 Å². The Kier molecular flexibility index (Phi) is 40.2. The van der Waals surface area contributed by atoms with Gasteiger partial charge in [0.1, 0.15) is 11.9 Å². The first-order chi connectivity index (χ1) is 25.1. The minimum absolute atomic E-state index is 0. The van der Waals surface area contributed by atoms with E-state index >= 15 is 0 Å². The number of carbonyl (C=O) groups is 2. The van der Waals surface area contributed by atoms with Crippen molar-refractivity contribution in [1.82, 2.24) is 0 Å². The third-order valence-corrected chi connectivity index (χ3v) is 10.5. The fraction of sp³-hybridized carbons (Fsp3) is 0.905. The van der Waals surface area contributed by atoms with Gasteiger partial charge in [-0.05, 0) is 38.5 Å². The normalized spacial score (nSPS) is 14.5. The Balaban J connectivity index is 0. The predicted octanol–water partition coefficient (Wildman–Crippen LogP) is 7.87. The molecular weight excluding hydrogens is 702 g/mol. The number of Topliss-reactive ketones (excluding diaryl/α,β-unsaturated/α-hetero) is 1. The quantitative estimate of drug-likeness (QED) is 0.0209. The van der Waals surface area contributed by atoms with Crippen LogP contribution in [0.4, 0.5) is 0 Å². The van der Waals surface area contributed by atoms with Gasteiger partial charge in [0.2, 0.25) is 0 Å². The summed E-state index contributed by atoms with van der Waals surface area (Å²) in [6.45, 7) is 4.30. The van der Waals surface area contributed by atoms with Crippen LogP contribution in [0.1, 0.15) is 207 Å². The zero-order valence-corrected chi connectivity index (χ0v) is 37.7. The average molecular weight is 783 g/mol. The molecule has 0 bridgehead atoms. The predicted molar refractivity (Wildman–Crippen MR) is 211 cm³/mol. The van der Waals surface area contributed by atoms with Crippen molar-refractivity contribution >= 4 is 19.6 Å². The van der Waals surface area contributed by atoms with Crippen LogP contribution >= 0.6 is 7.82 Å². The minimum Gasteiger partial charge on any atom is -0.756 e. The number of phosphoric ester groups is 1. The number of ether oxygens (including phenoxy) is 1. The standard InChI is InChI=1S/C42H81O9P.Na/c1-4-6-8-10-12-14-16-18-19-21-22-24-26-28-30-32-39(44)34-42(3,38-51-52(47,48)50-36-40(45)35-43)37-49-41(46)33-31-29-27-25-23-20-17-15-13-11-9-7-5-2;/h18-19,40,43,45H,4-17,20-38H2,1-3H3,(H,47,48);/q;+1/p-1/b19-18-;/t40?,42-;/m1./s1. The molecule has 308 valence electrons. The summed E-state index contributed by atoms with van der Waals surface area (Å²) < 4.78 is 27.6. The molecule has 0 heterocycles. The molecule has 0 saturated heterocycles. The summed E-state index contributed by atoms with van der Waals surface area (Å²) in [5, 5.41) is 18.4. The number of ketones is 1. The Labute approximate surface area is 347 Å². The smallest absolute Gasteiger partial charge is 0.756 e. The molecule has 9 nitrogen and oxygen atoms in total. The monoisotopic (exact) mass is 783 g/mol. The fourth-order valence-corrected chi connectivity index (χ4v) is 7.12. The van der Waals surface area contributed by atoms with Crippen molar-refractivity contribution in [2.45, 2.75) is 213 Å². The molecular formula is C42H80NaO9P. The Bertz CT molecular complexity index is 919. The van der Waals surface area contributed by atoms with Gasteiger partial charge in [0.25, 0.3) is 7.82 Å². The van der Waals surface area contributed by atoms with Crippen molar-refractivity contribution < 1.29 is 72.6 Å². The van der Waals surface area contributed by atoms with Crippen LogP contribution in [0.5, 0.6) is 0 Å². The molecule has 3 atom stereocenters. The van der Waals surface area contributed by atoms with Crippen LogP contribution in [0.15, 0.2) is 12.2 Å². The van der Waals surface area contributed by atoms with Crippen LogP contribution in [0.25, 0.3) is 0 Å². The molecule has 0 aromatic carbocycles. The molecule has 53 heavy (non-hydrogen) atoms. The molecule has 0 aromatic heterocycles. The molecule has 0 rings (SSSR count). The summed E-state index contributed by atoms with van der Waals surface area (Å²) >= 11 is 0. The van der Waals surface area contributed by atoms with Gasteiger partial charge in [-0.2, -0.15) is 0 Å². The first kappa shape index (κ1) is 55.0. The van der Waals surface area contributed by atoms with Gasteiger partial charge in [0.15, 0.2) is 0 Å². The molecule has 0 fully saturated rings. The second-order valence-corrected chi connectivity index (χ2v) is 16.8. The molecule has 11 heteroatoms. The molecule has 0 aliphatic rings. The number of rotatable bonds is 40. The van der Waals surface area contributed by atoms with Crippen molar-refractivity contribution in [3.05, 3.63) is 12.2 Å². The molecule has 0 aliphatic heterocycles. The maximum atomic E-state index is 13.0. The van der Waals surface area contributed by atoms with E-state index in [9.17, 15) is 24.2 Å². The number of unbranched alkanes of at least 4 members (excludes halogenated alkanes) is 23. The minimum atomic E-state index is -4.82. The van der Waals surface area contributed by atoms with Gasteiger partial charge >= 0.3 is 35.5 Å². The third-order valence-electron chi connectivity index (χ3n) is 9.61. The van der Waals surface area contributed by atoms with Gasteiger partial charge in [-0.25, -0.2) is 0 Å². The SMILES string of the molecule is CCCCCCCC/C=C\CCCCCCCC(=O)C[C@](C)(COC(=O)CCCCCCCCCCCCCCC)COP(=O)([O-])OCC(O)CO.[Na+]. The van der Waals surface area contributed by atoms with E-state index < -0.39 is 39.2 Å². The summed E-state index contributed by atoms with van der Waals surface area (Å²) in [7, 11) is -4.82. The topological polar surface area (TPSA) is 142 Å². The van der Waals surface area contributed by atoms with Gasteiger partial charge < -0.3 is 28.9 Å². The van der Waals surface area contributed by atoms with E-state index in [0.717, 1.165) is 57.8 Å².